The van der Waals surface area contributed by atoms with Crippen LogP contribution in [0.5, 0.6) is 0 Å². The van der Waals surface area contributed by atoms with E-state index in [1.807, 2.05) is 0 Å². The van der Waals surface area contributed by atoms with Gasteiger partial charge in [-0.15, -0.1) is 0 Å². The van der Waals surface area contributed by atoms with Crippen LogP contribution in [0.2, 0.25) is 0 Å². The predicted octanol–water partition coefficient (Wildman–Crippen LogP) is -0.559. The first kappa shape index (κ1) is 11.4. The zero-order valence-corrected chi connectivity index (χ0v) is 8.22. The molecule has 0 unspecified atom stereocenters. The lowest BCUT2D eigenvalue weighted by Gasteiger charge is -2.13. The number of carbonyl (C=O) groups is 1. The van der Waals surface area contributed by atoms with Crippen LogP contribution in [0, 0.1) is 0 Å². The summed E-state index contributed by atoms with van der Waals surface area (Å²) in [7, 11) is -0.711. The Morgan fingerprint density at radius 1 is 1.50 bits per heavy atom. The van der Waals surface area contributed by atoms with Gasteiger partial charge in [0.25, 0.3) is 0 Å². The van der Waals surface area contributed by atoms with Crippen molar-refractivity contribution in [2.24, 2.45) is 0 Å². The van der Waals surface area contributed by atoms with Crippen LogP contribution in [0.4, 0.5) is 0 Å². The van der Waals surface area contributed by atoms with Gasteiger partial charge >= 0.3 is 5.97 Å². The third kappa shape index (κ3) is 3.19. The average molecular weight is 195 g/mol. The van der Waals surface area contributed by atoms with E-state index < -0.39 is 16.0 Å². The second-order valence-electron chi connectivity index (χ2n) is 2.23. The second kappa shape index (κ2) is 4.42. The van der Waals surface area contributed by atoms with Gasteiger partial charge in [-0.3, -0.25) is 4.79 Å². The average Bonchev–Trinajstić information content (AvgIpc) is 2.04. The Balaban J connectivity index is 4.23. The highest BCUT2D eigenvalue weighted by Crippen LogP contribution is 1.96. The highest BCUT2D eigenvalue weighted by atomic mass is 32.2. The summed E-state index contributed by atoms with van der Waals surface area (Å²) >= 11 is 0. The number of hydrogen-bond acceptors (Lipinski definition) is 4. The second-order valence-corrected chi connectivity index (χ2v) is 4.60. The minimum Gasteiger partial charge on any atom is -0.468 e. The van der Waals surface area contributed by atoms with Crippen molar-refractivity contribution in [3.63, 3.8) is 0 Å². The van der Waals surface area contributed by atoms with E-state index in [-0.39, 0.29) is 12.3 Å². The predicted molar refractivity (Wildman–Crippen MR) is 44.1 cm³/mol. The first-order valence-corrected chi connectivity index (χ1v) is 5.05. The minimum atomic E-state index is -3.27. The molecule has 72 valence electrons. The molecule has 0 spiro atoms. The third-order valence-electron chi connectivity index (χ3n) is 1.42. The Bertz CT molecular complexity index is 246. The van der Waals surface area contributed by atoms with Crippen LogP contribution in [-0.4, -0.2) is 45.1 Å². The maximum atomic E-state index is 11.1. The van der Waals surface area contributed by atoms with Gasteiger partial charge in [0, 0.05) is 7.05 Å². The van der Waals surface area contributed by atoms with Crippen molar-refractivity contribution in [3.8, 4) is 0 Å². The molecule has 5 nitrogen and oxygen atoms in total. The molecule has 0 rings (SSSR count). The number of hydrogen-bond donors (Lipinski definition) is 0. The lowest BCUT2D eigenvalue weighted by Crippen LogP contribution is -2.33. The molecule has 6 heteroatoms. The summed E-state index contributed by atoms with van der Waals surface area (Å²) in [6.45, 7) is 1.29. The van der Waals surface area contributed by atoms with E-state index in [9.17, 15) is 13.2 Å². The highest BCUT2D eigenvalue weighted by Gasteiger charge is 2.17. The Morgan fingerprint density at radius 2 is 2.00 bits per heavy atom. The maximum absolute atomic E-state index is 11.1. The van der Waals surface area contributed by atoms with E-state index in [1.54, 1.807) is 0 Å². The summed E-state index contributed by atoms with van der Waals surface area (Å²) in [5.41, 5.74) is 0. The first-order chi connectivity index (χ1) is 5.44. The largest absolute Gasteiger partial charge is 0.468 e. The maximum Gasteiger partial charge on any atom is 0.320 e. The van der Waals surface area contributed by atoms with Crippen molar-refractivity contribution in [2.75, 3.05) is 26.5 Å². The molecule has 0 amide bonds. The number of ether oxygens (including phenoxy) is 1. The van der Waals surface area contributed by atoms with Crippen LogP contribution in [0.1, 0.15) is 6.92 Å². The molecule has 0 radical (unpaired) electrons. The van der Waals surface area contributed by atoms with Crippen LogP contribution < -0.4 is 0 Å². The van der Waals surface area contributed by atoms with Gasteiger partial charge in [-0.25, -0.2) is 8.42 Å². The topological polar surface area (TPSA) is 63.7 Å². The quantitative estimate of drug-likeness (QED) is 0.564. The van der Waals surface area contributed by atoms with Gasteiger partial charge < -0.3 is 4.74 Å². The lowest BCUT2D eigenvalue weighted by atomic mass is 10.7. The van der Waals surface area contributed by atoms with Gasteiger partial charge in [-0.1, -0.05) is 0 Å². The Labute approximate surface area is 72.4 Å². The fourth-order valence-electron chi connectivity index (χ4n) is 0.565. The van der Waals surface area contributed by atoms with Gasteiger partial charge in [0.15, 0.2) is 0 Å². The molecule has 0 N–H and O–H groups in total. The van der Waals surface area contributed by atoms with E-state index in [2.05, 4.69) is 4.74 Å². The molecule has 0 heterocycles. The molecule has 0 aliphatic rings. The normalized spacial score (nSPS) is 11.7. The Morgan fingerprint density at radius 3 is 2.33 bits per heavy atom. The van der Waals surface area contributed by atoms with Gasteiger partial charge in [0.05, 0.1) is 12.9 Å². The van der Waals surface area contributed by atoms with Crippen molar-refractivity contribution in [1.82, 2.24) is 4.31 Å². The van der Waals surface area contributed by atoms with Crippen LogP contribution in [0.15, 0.2) is 0 Å². The first-order valence-electron chi connectivity index (χ1n) is 3.45. The number of carbonyl (C=O) groups excluding carboxylic acids is 1. The lowest BCUT2D eigenvalue weighted by molar-refractivity contribution is -0.140. The third-order valence-corrected chi connectivity index (χ3v) is 3.23. The fourth-order valence-corrected chi connectivity index (χ4v) is 1.31. The van der Waals surface area contributed by atoms with Crippen LogP contribution in [0.3, 0.4) is 0 Å². The molecule has 0 aromatic rings. The van der Waals surface area contributed by atoms with E-state index >= 15 is 0 Å². The number of methoxy groups -OCH3 is 1. The van der Waals surface area contributed by atoms with E-state index in [1.165, 1.54) is 21.1 Å². The summed E-state index contributed by atoms with van der Waals surface area (Å²) in [6.07, 6.45) is 0. The minimum absolute atomic E-state index is 0.0134. The van der Waals surface area contributed by atoms with Gasteiger partial charge in [-0.05, 0) is 6.92 Å². The molecule has 12 heavy (non-hydrogen) atoms. The smallest absolute Gasteiger partial charge is 0.320 e. The fraction of sp³-hybridized carbons (Fsp3) is 0.833. The molecule has 0 aliphatic carbocycles. The summed E-state index contributed by atoms with van der Waals surface area (Å²) in [6, 6.07) is 0. The summed E-state index contributed by atoms with van der Waals surface area (Å²) < 4.78 is 27.4. The van der Waals surface area contributed by atoms with Crippen molar-refractivity contribution in [2.45, 2.75) is 6.92 Å². The molecule has 0 aromatic heterocycles. The number of nitrogens with zero attached hydrogens (tertiary/aromatic N) is 1. The molecule has 0 atom stereocenters. The standard InChI is InChI=1S/C6H13NO4S/c1-4-12(9,10)7(2)5-6(8)11-3/h4-5H2,1-3H3. The monoisotopic (exact) mass is 195 g/mol. The van der Waals surface area contributed by atoms with Crippen LogP contribution in [0.25, 0.3) is 0 Å². The number of likely N-dealkylation sites (N-methyl/N-ethyl adjacent to an activating group) is 1. The zero-order chi connectivity index (χ0) is 9.78. The van der Waals surface area contributed by atoms with Gasteiger partial charge in [0.2, 0.25) is 10.0 Å². The zero-order valence-electron chi connectivity index (χ0n) is 7.40. The van der Waals surface area contributed by atoms with E-state index in [0.717, 1.165) is 4.31 Å². The van der Waals surface area contributed by atoms with Crippen LogP contribution in [-0.2, 0) is 19.6 Å². The van der Waals surface area contributed by atoms with E-state index in [0.29, 0.717) is 0 Å². The van der Waals surface area contributed by atoms with Crippen molar-refractivity contribution >= 4 is 16.0 Å². The SMILES string of the molecule is CCS(=O)(=O)N(C)CC(=O)OC. The number of sulfonamides is 1. The van der Waals surface area contributed by atoms with Crippen molar-refractivity contribution < 1.29 is 17.9 Å². The summed E-state index contributed by atoms with van der Waals surface area (Å²) in [4.78, 5) is 10.7. The molecule has 0 bridgehead atoms. The highest BCUT2D eigenvalue weighted by molar-refractivity contribution is 7.89. The molecular weight excluding hydrogens is 182 g/mol. The number of rotatable bonds is 4. The summed E-state index contributed by atoms with van der Waals surface area (Å²) in [5.74, 6) is -0.574. The Kier molecular flexibility index (Phi) is 4.19. The van der Waals surface area contributed by atoms with E-state index in [4.69, 9.17) is 0 Å². The molecule has 0 saturated carbocycles. The van der Waals surface area contributed by atoms with Gasteiger partial charge in [0.1, 0.15) is 6.54 Å². The van der Waals surface area contributed by atoms with Crippen molar-refractivity contribution in [1.29, 1.82) is 0 Å². The molecule has 0 saturated heterocycles. The van der Waals surface area contributed by atoms with Crippen molar-refractivity contribution in [3.05, 3.63) is 0 Å². The molecule has 0 fully saturated rings. The summed E-state index contributed by atoms with van der Waals surface area (Å²) in [5, 5.41) is 0. The molecular formula is C6H13NO4S. The Hall–Kier alpha value is -0.620. The van der Waals surface area contributed by atoms with Crippen LogP contribution >= 0.6 is 0 Å². The molecule has 0 aromatic carbocycles. The molecule has 0 aliphatic heterocycles. The van der Waals surface area contributed by atoms with Gasteiger partial charge in [-0.2, -0.15) is 4.31 Å². The number of esters is 1.